The van der Waals surface area contributed by atoms with Gasteiger partial charge in [-0.3, -0.25) is 0 Å². The van der Waals surface area contributed by atoms with Gasteiger partial charge in [-0.15, -0.1) is 0 Å². The van der Waals surface area contributed by atoms with Crippen molar-refractivity contribution in [3.63, 3.8) is 0 Å². The highest BCUT2D eigenvalue weighted by molar-refractivity contribution is 5.61. The van der Waals surface area contributed by atoms with Gasteiger partial charge in [-0.05, 0) is 47.7 Å². The van der Waals surface area contributed by atoms with Gasteiger partial charge in [0.25, 0.3) is 0 Å². The molecule has 2 aromatic carbocycles. The smallest absolute Gasteiger partial charge is 0.0681 e. The molecule has 0 saturated carbocycles. The average Bonchev–Trinajstić information content (AvgIpc) is 2.48. The van der Waals surface area contributed by atoms with Gasteiger partial charge in [0.05, 0.1) is 6.61 Å². The molecule has 0 amide bonds. The van der Waals surface area contributed by atoms with Gasteiger partial charge < -0.3 is 15.7 Å². The summed E-state index contributed by atoms with van der Waals surface area (Å²) in [6.45, 7) is 2.09. The molecule has 1 heterocycles. The van der Waals surface area contributed by atoms with Crippen molar-refractivity contribution in [2.75, 3.05) is 17.2 Å². The Labute approximate surface area is 119 Å². The summed E-state index contributed by atoms with van der Waals surface area (Å²) in [6.07, 6.45) is 2.28. The van der Waals surface area contributed by atoms with E-state index in [0.717, 1.165) is 30.8 Å². The Hall–Kier alpha value is -2.00. The van der Waals surface area contributed by atoms with Crippen molar-refractivity contribution in [3.8, 4) is 0 Å². The first kappa shape index (κ1) is 13.0. The fraction of sp³-hybridized carbons (Fsp3) is 0.294. The van der Waals surface area contributed by atoms with Crippen molar-refractivity contribution in [2.24, 2.45) is 0 Å². The third kappa shape index (κ3) is 2.63. The van der Waals surface area contributed by atoms with E-state index in [1.54, 1.807) is 0 Å². The molecule has 20 heavy (non-hydrogen) atoms. The number of benzene rings is 2. The first-order chi connectivity index (χ1) is 9.76. The van der Waals surface area contributed by atoms with Crippen LogP contribution in [0.25, 0.3) is 0 Å². The number of rotatable bonds is 3. The summed E-state index contributed by atoms with van der Waals surface area (Å²) in [6, 6.07) is 14.4. The number of nitrogens with two attached hydrogens (primary N) is 1. The number of nitrogen functional groups attached to an aromatic ring is 1. The fourth-order valence-corrected chi connectivity index (χ4v) is 2.83. The lowest BCUT2D eigenvalue weighted by molar-refractivity contribution is 0.282. The van der Waals surface area contributed by atoms with Crippen LogP contribution in [0.5, 0.6) is 0 Å². The van der Waals surface area contributed by atoms with E-state index in [2.05, 4.69) is 29.2 Å². The van der Waals surface area contributed by atoms with Gasteiger partial charge >= 0.3 is 0 Å². The summed E-state index contributed by atoms with van der Waals surface area (Å²) in [7, 11) is 0. The second-order valence-electron chi connectivity index (χ2n) is 5.39. The first-order valence-corrected chi connectivity index (χ1v) is 7.08. The molecule has 3 nitrogen and oxygen atoms in total. The Bertz CT molecular complexity index is 592. The van der Waals surface area contributed by atoms with Gasteiger partial charge in [0.1, 0.15) is 0 Å². The van der Waals surface area contributed by atoms with Crippen LogP contribution in [-0.2, 0) is 19.6 Å². The summed E-state index contributed by atoms with van der Waals surface area (Å²) in [5, 5.41) is 9.08. The van der Waals surface area contributed by atoms with Crippen LogP contribution in [0.15, 0.2) is 42.5 Å². The van der Waals surface area contributed by atoms with Gasteiger partial charge in [-0.1, -0.05) is 24.3 Å². The summed E-state index contributed by atoms with van der Waals surface area (Å²) < 4.78 is 0. The molecule has 2 aromatic rings. The molecule has 0 saturated heterocycles. The molecule has 3 N–H and O–H groups in total. The average molecular weight is 268 g/mol. The molecule has 0 fully saturated rings. The third-order valence-electron chi connectivity index (χ3n) is 3.90. The zero-order valence-corrected chi connectivity index (χ0v) is 11.5. The quantitative estimate of drug-likeness (QED) is 0.842. The number of aliphatic hydroxyl groups excluding tert-OH is 1. The van der Waals surface area contributed by atoms with Crippen molar-refractivity contribution in [1.82, 2.24) is 0 Å². The minimum absolute atomic E-state index is 0.103. The topological polar surface area (TPSA) is 49.5 Å². The van der Waals surface area contributed by atoms with E-state index < -0.39 is 0 Å². The number of nitrogens with zero attached hydrogens (tertiary/aromatic N) is 1. The molecule has 0 atom stereocenters. The van der Waals surface area contributed by atoms with Crippen molar-refractivity contribution < 1.29 is 5.11 Å². The summed E-state index contributed by atoms with van der Waals surface area (Å²) >= 11 is 0. The van der Waals surface area contributed by atoms with E-state index in [9.17, 15) is 0 Å². The number of aliphatic hydroxyl groups is 1. The predicted molar refractivity (Wildman–Crippen MR) is 82.6 cm³/mol. The van der Waals surface area contributed by atoms with Gasteiger partial charge in [0.15, 0.2) is 0 Å². The van der Waals surface area contributed by atoms with Crippen LogP contribution >= 0.6 is 0 Å². The molecule has 3 rings (SSSR count). The molecule has 0 bridgehead atoms. The highest BCUT2D eigenvalue weighted by atomic mass is 16.3. The van der Waals surface area contributed by atoms with Gasteiger partial charge in [0.2, 0.25) is 0 Å². The zero-order chi connectivity index (χ0) is 13.9. The second kappa shape index (κ2) is 5.55. The van der Waals surface area contributed by atoms with Crippen LogP contribution in [0.3, 0.4) is 0 Å². The van der Waals surface area contributed by atoms with Crippen LogP contribution in [0.1, 0.15) is 23.1 Å². The monoisotopic (exact) mass is 268 g/mol. The largest absolute Gasteiger partial charge is 0.399 e. The maximum absolute atomic E-state index is 9.08. The molecule has 0 spiro atoms. The minimum Gasteiger partial charge on any atom is -0.399 e. The fourth-order valence-electron chi connectivity index (χ4n) is 2.83. The molecular weight excluding hydrogens is 248 g/mol. The lowest BCUT2D eigenvalue weighted by atomic mass is 10.00. The van der Waals surface area contributed by atoms with Crippen LogP contribution in [0.4, 0.5) is 11.4 Å². The van der Waals surface area contributed by atoms with Crippen LogP contribution < -0.4 is 10.6 Å². The lowest BCUT2D eigenvalue weighted by Crippen LogP contribution is -2.28. The van der Waals surface area contributed by atoms with Gasteiger partial charge in [-0.25, -0.2) is 0 Å². The Morgan fingerprint density at radius 3 is 2.55 bits per heavy atom. The normalized spacial score (nSPS) is 14.2. The summed E-state index contributed by atoms with van der Waals surface area (Å²) in [4.78, 5) is 2.41. The van der Waals surface area contributed by atoms with Crippen LogP contribution in [-0.4, -0.2) is 11.7 Å². The summed E-state index contributed by atoms with van der Waals surface area (Å²) in [5.74, 6) is 0. The highest BCUT2D eigenvalue weighted by Gasteiger charge is 2.16. The predicted octanol–water partition coefficient (Wildman–Crippen LogP) is 2.71. The molecule has 1 aliphatic rings. The Morgan fingerprint density at radius 2 is 1.80 bits per heavy atom. The SMILES string of the molecule is Nc1ccc2c(c1)CCCN2Cc1ccc(CO)cc1. The number of fused-ring (bicyclic) bond motifs is 1. The first-order valence-electron chi connectivity index (χ1n) is 7.08. The molecule has 0 radical (unpaired) electrons. The van der Waals surface area contributed by atoms with E-state index in [0.29, 0.717) is 0 Å². The molecule has 0 aliphatic carbocycles. The van der Waals surface area contributed by atoms with Crippen molar-refractivity contribution in [3.05, 3.63) is 59.2 Å². The van der Waals surface area contributed by atoms with Crippen molar-refractivity contribution in [1.29, 1.82) is 0 Å². The van der Waals surface area contributed by atoms with E-state index in [-0.39, 0.29) is 6.61 Å². The lowest BCUT2D eigenvalue weighted by Gasteiger charge is -2.31. The minimum atomic E-state index is 0.103. The molecular formula is C17H20N2O. The molecule has 3 heteroatoms. The molecule has 0 aromatic heterocycles. The number of hydrogen-bond donors (Lipinski definition) is 2. The van der Waals surface area contributed by atoms with E-state index in [1.165, 1.54) is 23.2 Å². The Kier molecular flexibility index (Phi) is 3.61. The maximum Gasteiger partial charge on any atom is 0.0681 e. The standard InChI is InChI=1S/C17H20N2O/c18-16-7-8-17-15(10-16)2-1-9-19(17)11-13-3-5-14(12-20)6-4-13/h3-8,10,20H,1-2,9,11-12,18H2. The van der Waals surface area contributed by atoms with Crippen molar-refractivity contribution >= 4 is 11.4 Å². The molecule has 1 aliphatic heterocycles. The number of hydrogen-bond acceptors (Lipinski definition) is 3. The van der Waals surface area contributed by atoms with Crippen LogP contribution in [0.2, 0.25) is 0 Å². The Balaban J connectivity index is 1.81. The Morgan fingerprint density at radius 1 is 1.05 bits per heavy atom. The van der Waals surface area contributed by atoms with E-state index >= 15 is 0 Å². The van der Waals surface area contributed by atoms with Gasteiger partial charge in [-0.2, -0.15) is 0 Å². The number of aryl methyl sites for hydroxylation is 1. The zero-order valence-electron chi connectivity index (χ0n) is 11.5. The van der Waals surface area contributed by atoms with Crippen molar-refractivity contribution in [2.45, 2.75) is 26.0 Å². The van der Waals surface area contributed by atoms with E-state index in [1.807, 2.05) is 18.2 Å². The van der Waals surface area contributed by atoms with E-state index in [4.69, 9.17) is 10.8 Å². The third-order valence-corrected chi connectivity index (χ3v) is 3.90. The van der Waals surface area contributed by atoms with Crippen LogP contribution in [0, 0.1) is 0 Å². The molecule has 0 unspecified atom stereocenters. The van der Waals surface area contributed by atoms with Gasteiger partial charge in [0, 0.05) is 24.5 Å². The molecule has 104 valence electrons. The second-order valence-corrected chi connectivity index (χ2v) is 5.39. The number of anilines is 2. The summed E-state index contributed by atoms with van der Waals surface area (Å²) in [5.41, 5.74) is 11.6. The highest BCUT2D eigenvalue weighted by Crippen LogP contribution is 2.30. The maximum atomic E-state index is 9.08.